The maximum atomic E-state index is 12.6. The molecule has 0 radical (unpaired) electrons. The van der Waals surface area contributed by atoms with Gasteiger partial charge in [-0.15, -0.1) is 0 Å². The first-order chi connectivity index (χ1) is 9.40. The van der Waals surface area contributed by atoms with Crippen LogP contribution < -0.4 is 10.6 Å². The minimum atomic E-state index is -4.56. The Labute approximate surface area is 113 Å². The maximum Gasteiger partial charge on any atom is 0.417 e. The number of anilines is 1. The van der Waals surface area contributed by atoms with E-state index in [0.717, 1.165) is 25.0 Å². The van der Waals surface area contributed by atoms with Crippen molar-refractivity contribution in [3.8, 4) is 6.07 Å². The number of alkyl halides is 3. The predicted molar refractivity (Wildman–Crippen MR) is 65.8 cm³/mol. The summed E-state index contributed by atoms with van der Waals surface area (Å²) in [5, 5.41) is 14.2. The van der Waals surface area contributed by atoms with E-state index in [4.69, 9.17) is 5.26 Å². The number of amides is 1. The van der Waals surface area contributed by atoms with Gasteiger partial charge in [0.2, 0.25) is 5.91 Å². The average molecular weight is 283 g/mol. The SMILES string of the molecule is N#Cc1cc(NCC(=O)NC2CC2)ccc1C(F)(F)F. The van der Waals surface area contributed by atoms with E-state index in [-0.39, 0.29) is 18.5 Å². The highest BCUT2D eigenvalue weighted by atomic mass is 19.4. The third-order valence-corrected chi connectivity index (χ3v) is 2.84. The monoisotopic (exact) mass is 283 g/mol. The van der Waals surface area contributed by atoms with Gasteiger partial charge in [-0.3, -0.25) is 4.79 Å². The topological polar surface area (TPSA) is 64.9 Å². The normalized spacial score (nSPS) is 14.5. The number of carbonyl (C=O) groups is 1. The van der Waals surface area contributed by atoms with Crippen molar-refractivity contribution in [3.05, 3.63) is 29.3 Å². The van der Waals surface area contributed by atoms with Crippen LogP contribution >= 0.6 is 0 Å². The van der Waals surface area contributed by atoms with Crippen molar-refractivity contribution in [2.45, 2.75) is 25.1 Å². The van der Waals surface area contributed by atoms with Gasteiger partial charge in [0, 0.05) is 11.7 Å². The number of hydrogen-bond donors (Lipinski definition) is 2. The van der Waals surface area contributed by atoms with Gasteiger partial charge in [0.1, 0.15) is 0 Å². The molecule has 0 bridgehead atoms. The van der Waals surface area contributed by atoms with Gasteiger partial charge in [-0.25, -0.2) is 0 Å². The summed E-state index contributed by atoms with van der Waals surface area (Å²) in [5.41, 5.74) is -1.14. The van der Waals surface area contributed by atoms with E-state index in [1.54, 1.807) is 0 Å². The summed E-state index contributed by atoms with van der Waals surface area (Å²) >= 11 is 0. The van der Waals surface area contributed by atoms with Crippen molar-refractivity contribution in [2.75, 3.05) is 11.9 Å². The Morgan fingerprint density at radius 3 is 2.65 bits per heavy atom. The second-order valence-corrected chi connectivity index (χ2v) is 4.57. The quantitative estimate of drug-likeness (QED) is 0.891. The Kier molecular flexibility index (Phi) is 3.84. The average Bonchev–Trinajstić information content (AvgIpc) is 3.18. The highest BCUT2D eigenvalue weighted by molar-refractivity contribution is 5.81. The number of hydrogen-bond acceptors (Lipinski definition) is 3. The highest BCUT2D eigenvalue weighted by Crippen LogP contribution is 2.32. The lowest BCUT2D eigenvalue weighted by Crippen LogP contribution is -2.31. The van der Waals surface area contributed by atoms with E-state index in [0.29, 0.717) is 5.69 Å². The number of nitriles is 1. The molecule has 4 nitrogen and oxygen atoms in total. The molecule has 7 heteroatoms. The van der Waals surface area contributed by atoms with Gasteiger partial charge < -0.3 is 10.6 Å². The molecular formula is C13H12F3N3O. The largest absolute Gasteiger partial charge is 0.417 e. The van der Waals surface area contributed by atoms with Crippen molar-refractivity contribution < 1.29 is 18.0 Å². The molecule has 0 heterocycles. The third-order valence-electron chi connectivity index (χ3n) is 2.84. The van der Waals surface area contributed by atoms with Crippen molar-refractivity contribution in [3.63, 3.8) is 0 Å². The Morgan fingerprint density at radius 1 is 1.40 bits per heavy atom. The molecule has 106 valence electrons. The molecule has 1 saturated carbocycles. The Balaban J connectivity index is 2.02. The fourth-order valence-electron chi connectivity index (χ4n) is 1.68. The van der Waals surface area contributed by atoms with E-state index >= 15 is 0 Å². The van der Waals surface area contributed by atoms with Crippen molar-refractivity contribution in [1.82, 2.24) is 5.32 Å². The van der Waals surface area contributed by atoms with Crippen LogP contribution in [0, 0.1) is 11.3 Å². The van der Waals surface area contributed by atoms with E-state index in [9.17, 15) is 18.0 Å². The van der Waals surface area contributed by atoms with Gasteiger partial charge in [0.15, 0.2) is 0 Å². The van der Waals surface area contributed by atoms with Crippen molar-refractivity contribution in [1.29, 1.82) is 5.26 Å². The van der Waals surface area contributed by atoms with Crippen LogP contribution in [0.25, 0.3) is 0 Å². The van der Waals surface area contributed by atoms with Gasteiger partial charge in [-0.1, -0.05) is 0 Å². The molecule has 0 unspecified atom stereocenters. The van der Waals surface area contributed by atoms with Gasteiger partial charge >= 0.3 is 6.18 Å². The van der Waals surface area contributed by atoms with Gasteiger partial charge in [-0.05, 0) is 31.0 Å². The molecule has 0 saturated heterocycles. The lowest BCUT2D eigenvalue weighted by molar-refractivity contribution is -0.137. The molecule has 0 aliphatic heterocycles. The summed E-state index contributed by atoms with van der Waals surface area (Å²) in [7, 11) is 0. The second kappa shape index (κ2) is 5.41. The smallest absolute Gasteiger partial charge is 0.376 e. The zero-order valence-corrected chi connectivity index (χ0v) is 10.4. The Hall–Kier alpha value is -2.23. The van der Waals surface area contributed by atoms with Crippen LogP contribution in [0.3, 0.4) is 0 Å². The summed E-state index contributed by atoms with van der Waals surface area (Å²) in [4.78, 5) is 11.4. The van der Waals surface area contributed by atoms with Crippen LogP contribution in [0.4, 0.5) is 18.9 Å². The van der Waals surface area contributed by atoms with Crippen LogP contribution in [0.5, 0.6) is 0 Å². The van der Waals surface area contributed by atoms with E-state index < -0.39 is 17.3 Å². The first-order valence-electron chi connectivity index (χ1n) is 6.04. The number of nitrogens with one attached hydrogen (secondary N) is 2. The van der Waals surface area contributed by atoms with Gasteiger partial charge in [-0.2, -0.15) is 18.4 Å². The molecule has 0 atom stereocenters. The number of carbonyl (C=O) groups excluding carboxylic acids is 1. The first-order valence-corrected chi connectivity index (χ1v) is 6.04. The fourth-order valence-corrected chi connectivity index (χ4v) is 1.68. The minimum Gasteiger partial charge on any atom is -0.376 e. The molecule has 20 heavy (non-hydrogen) atoms. The molecule has 1 aromatic carbocycles. The van der Waals surface area contributed by atoms with Crippen LogP contribution in [0.2, 0.25) is 0 Å². The lowest BCUT2D eigenvalue weighted by Gasteiger charge is -2.11. The number of nitrogens with zero attached hydrogens (tertiary/aromatic N) is 1. The zero-order valence-electron chi connectivity index (χ0n) is 10.4. The lowest BCUT2D eigenvalue weighted by atomic mass is 10.1. The van der Waals surface area contributed by atoms with E-state index in [2.05, 4.69) is 10.6 Å². The van der Waals surface area contributed by atoms with Crippen LogP contribution in [-0.4, -0.2) is 18.5 Å². The predicted octanol–water partition coefficient (Wildman–Crippen LogP) is 2.27. The Bertz CT molecular complexity index is 559. The second-order valence-electron chi connectivity index (χ2n) is 4.57. The third kappa shape index (κ3) is 3.63. The number of rotatable bonds is 4. The summed E-state index contributed by atoms with van der Waals surface area (Å²) < 4.78 is 37.8. The molecule has 0 spiro atoms. The standard InChI is InChI=1S/C13H12F3N3O/c14-13(15,16)11-4-3-10(5-8(11)6-17)18-7-12(20)19-9-1-2-9/h3-5,9,18H,1-2,7H2,(H,19,20). The molecule has 2 N–H and O–H groups in total. The van der Waals surface area contributed by atoms with Crippen molar-refractivity contribution in [2.24, 2.45) is 0 Å². The highest BCUT2D eigenvalue weighted by Gasteiger charge is 2.33. The van der Waals surface area contributed by atoms with Crippen LogP contribution in [0.1, 0.15) is 24.0 Å². The number of halogens is 3. The Morgan fingerprint density at radius 2 is 2.10 bits per heavy atom. The molecule has 1 amide bonds. The van der Waals surface area contributed by atoms with E-state index in [1.807, 2.05) is 0 Å². The zero-order chi connectivity index (χ0) is 14.8. The molecule has 1 aliphatic carbocycles. The fraction of sp³-hybridized carbons (Fsp3) is 0.385. The summed E-state index contributed by atoms with van der Waals surface area (Å²) in [6, 6.07) is 4.87. The van der Waals surface area contributed by atoms with Gasteiger partial charge in [0.05, 0.1) is 23.7 Å². The molecule has 2 rings (SSSR count). The number of benzene rings is 1. The maximum absolute atomic E-state index is 12.6. The molecular weight excluding hydrogens is 271 g/mol. The molecule has 1 fully saturated rings. The minimum absolute atomic E-state index is 0.0350. The molecule has 1 aromatic rings. The van der Waals surface area contributed by atoms with Crippen LogP contribution in [0.15, 0.2) is 18.2 Å². The first kappa shape index (κ1) is 14.2. The molecule has 0 aromatic heterocycles. The van der Waals surface area contributed by atoms with Crippen molar-refractivity contribution >= 4 is 11.6 Å². The van der Waals surface area contributed by atoms with Crippen LogP contribution in [-0.2, 0) is 11.0 Å². The van der Waals surface area contributed by atoms with Gasteiger partial charge in [0.25, 0.3) is 0 Å². The summed E-state index contributed by atoms with van der Waals surface area (Å²) in [6.45, 7) is -0.0350. The van der Waals surface area contributed by atoms with E-state index in [1.165, 1.54) is 12.1 Å². The summed E-state index contributed by atoms with van der Waals surface area (Å²) in [6.07, 6.45) is -2.64. The molecule has 1 aliphatic rings. The summed E-state index contributed by atoms with van der Waals surface area (Å²) in [5.74, 6) is -0.217.